The maximum Gasteiger partial charge on any atom is 0.0110 e. The Morgan fingerprint density at radius 3 is 2.60 bits per heavy atom. The minimum absolute atomic E-state index is 0.645. The van der Waals surface area contributed by atoms with Crippen LogP contribution in [0.1, 0.15) is 38.2 Å². The number of likely N-dealkylation sites (N-methyl/N-ethyl adjacent to an activating group) is 1. The van der Waals surface area contributed by atoms with Crippen LogP contribution in [-0.2, 0) is 6.42 Å². The highest BCUT2D eigenvalue weighted by Crippen LogP contribution is 2.31. The van der Waals surface area contributed by atoms with Gasteiger partial charge < -0.3 is 5.32 Å². The molecule has 1 saturated carbocycles. The molecule has 3 rings (SSSR count). The van der Waals surface area contributed by atoms with Gasteiger partial charge in [0.15, 0.2) is 0 Å². The van der Waals surface area contributed by atoms with Crippen molar-refractivity contribution in [2.45, 2.75) is 45.1 Å². The highest BCUT2D eigenvalue weighted by Gasteiger charge is 2.21. The third-order valence-corrected chi connectivity index (χ3v) is 4.63. The van der Waals surface area contributed by atoms with Crippen molar-refractivity contribution in [2.75, 3.05) is 6.54 Å². The second-order valence-corrected chi connectivity index (χ2v) is 6.17. The predicted octanol–water partition coefficient (Wildman–Crippen LogP) is 4.55. The quantitative estimate of drug-likeness (QED) is 0.809. The fourth-order valence-electron chi connectivity index (χ4n) is 3.31. The van der Waals surface area contributed by atoms with E-state index in [9.17, 15) is 0 Å². The number of nitrogens with one attached hydrogen (secondary N) is 1. The van der Waals surface area contributed by atoms with Crippen molar-refractivity contribution in [1.82, 2.24) is 5.32 Å². The summed E-state index contributed by atoms with van der Waals surface area (Å²) in [6.45, 7) is 3.29. The summed E-state index contributed by atoms with van der Waals surface area (Å²) in [5.74, 6) is 0.972. The van der Waals surface area contributed by atoms with Crippen LogP contribution in [0.15, 0.2) is 42.5 Å². The fourth-order valence-corrected chi connectivity index (χ4v) is 3.31. The monoisotopic (exact) mass is 267 g/mol. The van der Waals surface area contributed by atoms with Gasteiger partial charge in [0.2, 0.25) is 0 Å². The lowest BCUT2D eigenvalue weighted by atomic mass is 9.80. The van der Waals surface area contributed by atoms with Crippen molar-refractivity contribution in [2.24, 2.45) is 5.92 Å². The van der Waals surface area contributed by atoms with E-state index in [4.69, 9.17) is 0 Å². The molecule has 0 bridgehead atoms. The number of hydrogen-bond donors (Lipinski definition) is 1. The van der Waals surface area contributed by atoms with E-state index in [-0.39, 0.29) is 0 Å². The van der Waals surface area contributed by atoms with E-state index < -0.39 is 0 Å². The topological polar surface area (TPSA) is 12.0 Å². The van der Waals surface area contributed by atoms with Crippen molar-refractivity contribution < 1.29 is 0 Å². The zero-order chi connectivity index (χ0) is 13.8. The molecule has 1 fully saturated rings. The Balaban J connectivity index is 1.71. The molecule has 106 valence electrons. The largest absolute Gasteiger partial charge is 0.314 e. The summed E-state index contributed by atoms with van der Waals surface area (Å²) in [4.78, 5) is 0. The molecule has 0 heterocycles. The van der Waals surface area contributed by atoms with Gasteiger partial charge in [0, 0.05) is 6.04 Å². The first-order valence-electron chi connectivity index (χ1n) is 8.06. The van der Waals surface area contributed by atoms with Gasteiger partial charge in [-0.2, -0.15) is 0 Å². The number of benzene rings is 2. The predicted molar refractivity (Wildman–Crippen MR) is 87.1 cm³/mol. The lowest BCUT2D eigenvalue weighted by molar-refractivity contribution is 0.260. The lowest BCUT2D eigenvalue weighted by Gasteiger charge is -2.30. The van der Waals surface area contributed by atoms with Gasteiger partial charge in [-0.05, 0) is 41.6 Å². The molecule has 1 aliphatic carbocycles. The van der Waals surface area contributed by atoms with Crippen molar-refractivity contribution in [1.29, 1.82) is 0 Å². The number of hydrogen-bond acceptors (Lipinski definition) is 1. The Bertz CT molecular complexity index is 556. The van der Waals surface area contributed by atoms with Crippen LogP contribution in [0.25, 0.3) is 10.8 Å². The van der Waals surface area contributed by atoms with Gasteiger partial charge in [0.05, 0.1) is 0 Å². The molecule has 1 aliphatic rings. The molecule has 1 heteroatoms. The molecule has 0 aliphatic heterocycles. The second-order valence-electron chi connectivity index (χ2n) is 6.17. The van der Waals surface area contributed by atoms with Crippen molar-refractivity contribution in [3.63, 3.8) is 0 Å². The Morgan fingerprint density at radius 1 is 1.10 bits per heavy atom. The van der Waals surface area contributed by atoms with E-state index in [0.717, 1.165) is 18.9 Å². The molecule has 2 aromatic rings. The number of rotatable bonds is 6. The van der Waals surface area contributed by atoms with Crippen LogP contribution in [0, 0.1) is 5.92 Å². The van der Waals surface area contributed by atoms with Crippen LogP contribution in [0.3, 0.4) is 0 Å². The molecule has 1 unspecified atom stereocenters. The minimum Gasteiger partial charge on any atom is -0.314 e. The first-order chi connectivity index (χ1) is 9.85. The Morgan fingerprint density at radius 2 is 1.90 bits per heavy atom. The Hall–Kier alpha value is -1.34. The lowest BCUT2D eigenvalue weighted by Crippen LogP contribution is -2.34. The first-order valence-corrected chi connectivity index (χ1v) is 8.06. The summed E-state index contributed by atoms with van der Waals surface area (Å²) in [5.41, 5.74) is 1.47. The van der Waals surface area contributed by atoms with E-state index in [1.165, 1.54) is 42.0 Å². The van der Waals surface area contributed by atoms with E-state index in [2.05, 4.69) is 54.7 Å². The normalized spacial score (nSPS) is 17.1. The summed E-state index contributed by atoms with van der Waals surface area (Å²) >= 11 is 0. The van der Waals surface area contributed by atoms with Crippen molar-refractivity contribution in [3.8, 4) is 0 Å². The van der Waals surface area contributed by atoms with Gasteiger partial charge in [-0.3, -0.25) is 0 Å². The minimum atomic E-state index is 0.645. The van der Waals surface area contributed by atoms with Crippen LogP contribution in [0.4, 0.5) is 0 Å². The highest BCUT2D eigenvalue weighted by molar-refractivity contribution is 5.82. The van der Waals surface area contributed by atoms with Gasteiger partial charge in [0.25, 0.3) is 0 Å². The molecule has 0 radical (unpaired) electrons. The third kappa shape index (κ3) is 3.21. The summed E-state index contributed by atoms with van der Waals surface area (Å²) < 4.78 is 0. The van der Waals surface area contributed by atoms with Gasteiger partial charge in [-0.15, -0.1) is 0 Å². The van der Waals surface area contributed by atoms with Crippen LogP contribution >= 0.6 is 0 Å². The summed E-state index contributed by atoms with van der Waals surface area (Å²) in [5, 5.41) is 6.39. The standard InChI is InChI=1S/C19H25N/c1-2-20-19(13-15-6-5-7-15)14-16-10-11-17-8-3-4-9-18(17)12-16/h3-4,8-12,15,19-20H,2,5-7,13-14H2,1H3. The van der Waals surface area contributed by atoms with E-state index in [1.807, 2.05) is 0 Å². The van der Waals surface area contributed by atoms with Crippen LogP contribution < -0.4 is 5.32 Å². The van der Waals surface area contributed by atoms with Crippen LogP contribution in [-0.4, -0.2) is 12.6 Å². The highest BCUT2D eigenvalue weighted by atomic mass is 14.9. The van der Waals surface area contributed by atoms with E-state index in [0.29, 0.717) is 6.04 Å². The number of fused-ring (bicyclic) bond motifs is 1. The Kier molecular flexibility index (Phi) is 4.37. The molecule has 2 aromatic carbocycles. The van der Waals surface area contributed by atoms with Crippen molar-refractivity contribution in [3.05, 3.63) is 48.0 Å². The van der Waals surface area contributed by atoms with Gasteiger partial charge in [-0.25, -0.2) is 0 Å². The van der Waals surface area contributed by atoms with E-state index >= 15 is 0 Å². The summed E-state index contributed by atoms with van der Waals surface area (Å²) in [6, 6.07) is 16.2. The van der Waals surface area contributed by atoms with E-state index in [1.54, 1.807) is 0 Å². The van der Waals surface area contributed by atoms with Gasteiger partial charge in [-0.1, -0.05) is 68.7 Å². The first kappa shape index (κ1) is 13.6. The molecule has 0 saturated heterocycles. The molecule has 0 spiro atoms. The maximum absolute atomic E-state index is 3.68. The maximum atomic E-state index is 3.68. The average molecular weight is 267 g/mol. The van der Waals surface area contributed by atoms with Crippen LogP contribution in [0.5, 0.6) is 0 Å². The van der Waals surface area contributed by atoms with Gasteiger partial charge >= 0.3 is 0 Å². The molecular weight excluding hydrogens is 242 g/mol. The molecule has 1 atom stereocenters. The van der Waals surface area contributed by atoms with Crippen molar-refractivity contribution >= 4 is 10.8 Å². The summed E-state index contributed by atoms with van der Waals surface area (Å²) in [7, 11) is 0. The second kappa shape index (κ2) is 6.41. The van der Waals surface area contributed by atoms with Gasteiger partial charge in [0.1, 0.15) is 0 Å². The zero-order valence-corrected chi connectivity index (χ0v) is 12.4. The summed E-state index contributed by atoms with van der Waals surface area (Å²) in [6.07, 6.45) is 6.84. The molecule has 1 N–H and O–H groups in total. The average Bonchev–Trinajstić information content (AvgIpc) is 2.43. The molecular formula is C19H25N. The third-order valence-electron chi connectivity index (χ3n) is 4.63. The van der Waals surface area contributed by atoms with Crippen LogP contribution in [0.2, 0.25) is 0 Å². The smallest absolute Gasteiger partial charge is 0.0110 e. The molecule has 20 heavy (non-hydrogen) atoms. The molecule has 1 nitrogen and oxygen atoms in total. The Labute approximate surface area is 122 Å². The SMILES string of the molecule is CCNC(Cc1ccc2ccccc2c1)CC1CCC1. The molecule has 0 aromatic heterocycles. The fraction of sp³-hybridized carbons (Fsp3) is 0.474. The zero-order valence-electron chi connectivity index (χ0n) is 12.4. The molecule has 0 amide bonds.